The summed E-state index contributed by atoms with van der Waals surface area (Å²) in [5.41, 5.74) is 1.31. The molecule has 5 atom stereocenters. The molecule has 0 aliphatic heterocycles. The minimum atomic E-state index is 0.157. The minimum Gasteiger partial charge on any atom is -0.378 e. The van der Waals surface area contributed by atoms with E-state index in [4.69, 9.17) is 4.74 Å². The zero-order valence-corrected chi connectivity index (χ0v) is 12.2. The smallest absolute Gasteiger partial charge is 0.0684 e. The largest absolute Gasteiger partial charge is 0.378 e. The maximum atomic E-state index is 5.96. The summed E-state index contributed by atoms with van der Waals surface area (Å²) in [5.74, 6) is 2.67. The summed E-state index contributed by atoms with van der Waals surface area (Å²) >= 11 is 0. The molecule has 0 aromatic carbocycles. The van der Waals surface area contributed by atoms with Gasteiger partial charge < -0.3 is 4.74 Å². The van der Waals surface area contributed by atoms with Gasteiger partial charge in [0.25, 0.3) is 0 Å². The fourth-order valence-corrected chi connectivity index (χ4v) is 6.12. The van der Waals surface area contributed by atoms with Crippen molar-refractivity contribution < 1.29 is 4.74 Å². The van der Waals surface area contributed by atoms with E-state index in [0.29, 0.717) is 10.8 Å². The summed E-state index contributed by atoms with van der Waals surface area (Å²) < 4.78 is 5.96. The number of hydrogen-bond acceptors (Lipinski definition) is 1. The Morgan fingerprint density at radius 2 is 1.71 bits per heavy atom. The number of methoxy groups -OCH3 is 1. The van der Waals surface area contributed by atoms with Gasteiger partial charge in [-0.3, -0.25) is 0 Å². The van der Waals surface area contributed by atoms with Crippen molar-refractivity contribution in [3.05, 3.63) is 0 Å². The van der Waals surface area contributed by atoms with Gasteiger partial charge in [0, 0.05) is 7.11 Å². The molecule has 0 heterocycles. The second-order valence-electron chi connectivity index (χ2n) is 7.91. The van der Waals surface area contributed by atoms with Gasteiger partial charge in [-0.25, -0.2) is 0 Å². The molecule has 17 heavy (non-hydrogen) atoms. The first kappa shape index (κ1) is 12.0. The fraction of sp³-hybridized carbons (Fsp3) is 1.00. The Labute approximate surface area is 106 Å². The zero-order valence-electron chi connectivity index (χ0n) is 12.2. The van der Waals surface area contributed by atoms with E-state index in [1.165, 1.54) is 32.1 Å². The highest BCUT2D eigenvalue weighted by Gasteiger charge is 2.69. The van der Waals surface area contributed by atoms with Crippen LogP contribution in [0.1, 0.15) is 59.8 Å². The van der Waals surface area contributed by atoms with Gasteiger partial charge in [0.05, 0.1) is 5.60 Å². The van der Waals surface area contributed by atoms with Gasteiger partial charge in [-0.2, -0.15) is 0 Å². The SMILES string of the molecule is COC1(C)CCC23[C@H](C)CC[C@@H]2C(C)(C)C[C@@H]13. The molecule has 2 unspecified atom stereocenters. The molecule has 0 aromatic rings. The van der Waals surface area contributed by atoms with Crippen molar-refractivity contribution in [1.29, 1.82) is 0 Å². The van der Waals surface area contributed by atoms with Crippen LogP contribution in [0.15, 0.2) is 0 Å². The normalized spacial score (nSPS) is 55.9. The summed E-state index contributed by atoms with van der Waals surface area (Å²) in [5, 5.41) is 0. The van der Waals surface area contributed by atoms with E-state index < -0.39 is 0 Å². The van der Waals surface area contributed by atoms with E-state index in [1.54, 1.807) is 0 Å². The van der Waals surface area contributed by atoms with Crippen molar-refractivity contribution in [1.82, 2.24) is 0 Å². The minimum absolute atomic E-state index is 0.157. The molecule has 0 radical (unpaired) electrons. The average Bonchev–Trinajstić information content (AvgIpc) is 2.82. The molecule has 3 fully saturated rings. The molecule has 1 nitrogen and oxygen atoms in total. The van der Waals surface area contributed by atoms with Gasteiger partial charge in [0.15, 0.2) is 0 Å². The Bertz CT molecular complexity index is 334. The molecule has 0 bridgehead atoms. The van der Waals surface area contributed by atoms with E-state index >= 15 is 0 Å². The lowest BCUT2D eigenvalue weighted by Crippen LogP contribution is -2.39. The molecule has 3 saturated carbocycles. The maximum absolute atomic E-state index is 5.96. The van der Waals surface area contributed by atoms with Crippen LogP contribution in [-0.2, 0) is 4.74 Å². The van der Waals surface area contributed by atoms with Crippen LogP contribution < -0.4 is 0 Å². The molecule has 0 aromatic heterocycles. The molecule has 0 amide bonds. The predicted octanol–water partition coefficient (Wildman–Crippen LogP) is 4.26. The van der Waals surface area contributed by atoms with Crippen LogP contribution in [-0.4, -0.2) is 12.7 Å². The third kappa shape index (κ3) is 1.25. The number of hydrogen-bond donors (Lipinski definition) is 0. The summed E-state index contributed by atoms with van der Waals surface area (Å²) in [6.07, 6.45) is 6.99. The van der Waals surface area contributed by atoms with E-state index in [-0.39, 0.29) is 5.60 Å². The molecule has 1 spiro atoms. The average molecular weight is 236 g/mol. The molecule has 3 rings (SSSR count). The predicted molar refractivity (Wildman–Crippen MR) is 70.9 cm³/mol. The van der Waals surface area contributed by atoms with Crippen molar-refractivity contribution in [2.75, 3.05) is 7.11 Å². The van der Waals surface area contributed by atoms with E-state index in [1.807, 2.05) is 7.11 Å². The second-order valence-corrected chi connectivity index (χ2v) is 7.91. The van der Waals surface area contributed by atoms with Crippen LogP contribution in [0.2, 0.25) is 0 Å². The molecule has 3 aliphatic rings. The van der Waals surface area contributed by atoms with Gasteiger partial charge in [0.2, 0.25) is 0 Å². The molecular weight excluding hydrogens is 208 g/mol. The van der Waals surface area contributed by atoms with Crippen molar-refractivity contribution in [2.45, 2.75) is 65.4 Å². The summed E-state index contributed by atoms with van der Waals surface area (Å²) in [7, 11) is 1.93. The van der Waals surface area contributed by atoms with Crippen LogP contribution in [0.25, 0.3) is 0 Å². The zero-order chi connectivity index (χ0) is 12.5. The Morgan fingerprint density at radius 1 is 1.00 bits per heavy atom. The lowest BCUT2D eigenvalue weighted by molar-refractivity contribution is -0.0500. The Balaban J connectivity index is 2.06. The van der Waals surface area contributed by atoms with Crippen LogP contribution in [0.4, 0.5) is 0 Å². The first-order valence-electron chi connectivity index (χ1n) is 7.42. The summed E-state index contributed by atoms with van der Waals surface area (Å²) in [4.78, 5) is 0. The van der Waals surface area contributed by atoms with Crippen molar-refractivity contribution in [2.24, 2.45) is 28.6 Å². The first-order valence-corrected chi connectivity index (χ1v) is 7.42. The molecule has 98 valence electrons. The van der Waals surface area contributed by atoms with Crippen LogP contribution in [0.3, 0.4) is 0 Å². The molecule has 1 heteroatoms. The lowest BCUT2D eigenvalue weighted by atomic mass is 9.67. The van der Waals surface area contributed by atoms with Gasteiger partial charge in [-0.05, 0) is 67.6 Å². The van der Waals surface area contributed by atoms with E-state index in [9.17, 15) is 0 Å². The summed E-state index contributed by atoms with van der Waals surface area (Å²) in [6.45, 7) is 9.89. The third-order valence-electron chi connectivity index (χ3n) is 7.03. The first-order chi connectivity index (χ1) is 7.87. The number of ether oxygens (including phenoxy) is 1. The van der Waals surface area contributed by atoms with Gasteiger partial charge >= 0.3 is 0 Å². The molecule has 0 N–H and O–H groups in total. The van der Waals surface area contributed by atoms with Crippen LogP contribution >= 0.6 is 0 Å². The third-order valence-corrected chi connectivity index (χ3v) is 7.03. The van der Waals surface area contributed by atoms with Gasteiger partial charge in [0.1, 0.15) is 0 Å². The Morgan fingerprint density at radius 3 is 2.35 bits per heavy atom. The Hall–Kier alpha value is -0.0400. The highest BCUT2D eigenvalue weighted by molar-refractivity contribution is 5.18. The van der Waals surface area contributed by atoms with Crippen molar-refractivity contribution in [3.8, 4) is 0 Å². The van der Waals surface area contributed by atoms with Gasteiger partial charge in [-0.15, -0.1) is 0 Å². The topological polar surface area (TPSA) is 9.23 Å². The molecule has 0 saturated heterocycles. The van der Waals surface area contributed by atoms with Crippen LogP contribution in [0, 0.1) is 28.6 Å². The lowest BCUT2D eigenvalue weighted by Gasteiger charge is -2.39. The summed E-state index contributed by atoms with van der Waals surface area (Å²) in [6, 6.07) is 0. The maximum Gasteiger partial charge on any atom is 0.0684 e. The molecular formula is C16H28O. The highest BCUT2D eigenvalue weighted by atomic mass is 16.5. The standard InChI is InChI=1S/C16H28O/c1-11-6-7-12-14(2,3)10-13-15(4,17-5)8-9-16(11,12)13/h11-13H,6-10H2,1-5H3/t11-,12-,13+,15?,16?/m1/s1. The molecule has 3 aliphatic carbocycles. The Kier molecular flexibility index (Phi) is 2.32. The van der Waals surface area contributed by atoms with Crippen molar-refractivity contribution in [3.63, 3.8) is 0 Å². The van der Waals surface area contributed by atoms with Crippen LogP contribution in [0.5, 0.6) is 0 Å². The van der Waals surface area contributed by atoms with Crippen molar-refractivity contribution >= 4 is 0 Å². The van der Waals surface area contributed by atoms with E-state index in [0.717, 1.165) is 17.8 Å². The monoisotopic (exact) mass is 236 g/mol. The van der Waals surface area contributed by atoms with Gasteiger partial charge in [-0.1, -0.05) is 20.8 Å². The quantitative estimate of drug-likeness (QED) is 0.661. The van der Waals surface area contributed by atoms with E-state index in [2.05, 4.69) is 27.7 Å². The fourth-order valence-electron chi connectivity index (χ4n) is 6.12. The highest BCUT2D eigenvalue weighted by Crippen LogP contribution is 2.74. The second kappa shape index (κ2) is 3.29. The number of rotatable bonds is 1.